The van der Waals surface area contributed by atoms with E-state index in [1.165, 1.54) is 0 Å². The molecule has 0 unspecified atom stereocenters. The fourth-order valence-electron chi connectivity index (χ4n) is 2.29. The first-order valence-corrected chi connectivity index (χ1v) is 7.30. The zero-order valence-electron chi connectivity index (χ0n) is 13.8. The molecule has 1 N–H and O–H groups in total. The number of methoxy groups -OCH3 is 3. The van der Waals surface area contributed by atoms with Gasteiger partial charge in [0.2, 0.25) is 0 Å². The Morgan fingerprint density at radius 3 is 1.96 bits per heavy atom. The van der Waals surface area contributed by atoms with E-state index in [-0.39, 0.29) is 0 Å². The smallest absolute Gasteiger partial charge is 0.161 e. The maximum absolute atomic E-state index is 10.5. The minimum absolute atomic E-state index is 0.468. The number of aliphatic hydroxyl groups excluding tert-OH is 1. The van der Waals surface area contributed by atoms with Gasteiger partial charge in [0.25, 0.3) is 0 Å². The number of hydrogen-bond acceptors (Lipinski definition) is 5. The standard InChI is InChI=1S/C18H22O5/c1-12(23-16-8-6-5-7-14(16)20-2)18(19)13-9-10-15(21-3)17(11-13)22-4/h5-12,18-19H,1-4H3/t12-,18+/m1/s1. The van der Waals surface area contributed by atoms with E-state index in [4.69, 9.17) is 18.9 Å². The summed E-state index contributed by atoms with van der Waals surface area (Å²) in [5, 5.41) is 10.5. The molecule has 5 heteroatoms. The van der Waals surface area contributed by atoms with Crippen molar-refractivity contribution in [3.05, 3.63) is 48.0 Å². The molecule has 0 saturated carbocycles. The highest BCUT2D eigenvalue weighted by Crippen LogP contribution is 2.33. The summed E-state index contributed by atoms with van der Waals surface area (Å²) in [6.45, 7) is 1.80. The molecule has 0 aromatic heterocycles. The van der Waals surface area contributed by atoms with Gasteiger partial charge in [0, 0.05) is 0 Å². The number of para-hydroxylation sites is 2. The van der Waals surface area contributed by atoms with Crippen molar-refractivity contribution in [2.75, 3.05) is 21.3 Å². The highest BCUT2D eigenvalue weighted by Gasteiger charge is 2.21. The molecule has 5 nitrogen and oxygen atoms in total. The lowest BCUT2D eigenvalue weighted by atomic mass is 10.0. The number of hydrogen-bond donors (Lipinski definition) is 1. The molecule has 2 rings (SSSR count). The molecule has 0 heterocycles. The third-order valence-corrected chi connectivity index (χ3v) is 3.58. The van der Waals surface area contributed by atoms with E-state index in [1.54, 1.807) is 52.5 Å². The lowest BCUT2D eigenvalue weighted by Crippen LogP contribution is -2.22. The monoisotopic (exact) mass is 318 g/mol. The molecule has 0 aliphatic carbocycles. The predicted molar refractivity (Wildman–Crippen MR) is 87.6 cm³/mol. The third-order valence-electron chi connectivity index (χ3n) is 3.58. The zero-order valence-corrected chi connectivity index (χ0v) is 13.8. The van der Waals surface area contributed by atoms with Crippen molar-refractivity contribution in [1.82, 2.24) is 0 Å². The van der Waals surface area contributed by atoms with Crippen molar-refractivity contribution >= 4 is 0 Å². The van der Waals surface area contributed by atoms with Gasteiger partial charge < -0.3 is 24.1 Å². The summed E-state index contributed by atoms with van der Waals surface area (Å²) in [4.78, 5) is 0. The van der Waals surface area contributed by atoms with Crippen LogP contribution in [0.5, 0.6) is 23.0 Å². The Morgan fingerprint density at radius 2 is 1.35 bits per heavy atom. The quantitative estimate of drug-likeness (QED) is 0.849. The van der Waals surface area contributed by atoms with Crippen molar-refractivity contribution in [2.45, 2.75) is 19.1 Å². The summed E-state index contributed by atoms with van der Waals surface area (Å²) in [7, 11) is 4.71. The maximum Gasteiger partial charge on any atom is 0.161 e. The summed E-state index contributed by atoms with van der Waals surface area (Å²) in [6, 6.07) is 12.6. The topological polar surface area (TPSA) is 57.2 Å². The van der Waals surface area contributed by atoms with Gasteiger partial charge >= 0.3 is 0 Å². The summed E-state index contributed by atoms with van der Waals surface area (Å²) in [5.41, 5.74) is 0.685. The number of benzene rings is 2. The van der Waals surface area contributed by atoms with Gasteiger partial charge in [-0.25, -0.2) is 0 Å². The van der Waals surface area contributed by atoms with Crippen LogP contribution < -0.4 is 18.9 Å². The Bertz CT molecular complexity index is 641. The van der Waals surface area contributed by atoms with E-state index in [0.29, 0.717) is 28.6 Å². The van der Waals surface area contributed by atoms with Crippen molar-refractivity contribution < 1.29 is 24.1 Å². The largest absolute Gasteiger partial charge is 0.493 e. The number of aliphatic hydroxyl groups is 1. The first-order chi connectivity index (χ1) is 11.1. The molecule has 2 aromatic carbocycles. The summed E-state index contributed by atoms with van der Waals surface area (Å²) in [6.07, 6.45) is -1.29. The highest BCUT2D eigenvalue weighted by molar-refractivity contribution is 5.44. The van der Waals surface area contributed by atoms with Crippen LogP contribution in [-0.4, -0.2) is 32.5 Å². The molecular weight excluding hydrogens is 296 g/mol. The van der Waals surface area contributed by atoms with Crippen LogP contribution in [-0.2, 0) is 0 Å². The van der Waals surface area contributed by atoms with Crippen molar-refractivity contribution in [2.24, 2.45) is 0 Å². The lowest BCUT2D eigenvalue weighted by molar-refractivity contribution is 0.0450. The fourth-order valence-corrected chi connectivity index (χ4v) is 2.29. The Hall–Kier alpha value is -2.40. The number of rotatable bonds is 7. The number of ether oxygens (including phenoxy) is 4. The minimum atomic E-state index is -0.820. The van der Waals surface area contributed by atoms with Gasteiger partial charge in [-0.05, 0) is 36.8 Å². The van der Waals surface area contributed by atoms with Crippen LogP contribution in [0.1, 0.15) is 18.6 Å². The molecule has 0 fully saturated rings. The molecule has 23 heavy (non-hydrogen) atoms. The molecular formula is C18H22O5. The van der Waals surface area contributed by atoms with Crippen LogP contribution in [0, 0.1) is 0 Å². The Balaban J connectivity index is 2.17. The first-order valence-electron chi connectivity index (χ1n) is 7.30. The molecule has 0 bridgehead atoms. The van der Waals surface area contributed by atoms with Gasteiger partial charge in [0.1, 0.15) is 12.2 Å². The van der Waals surface area contributed by atoms with E-state index >= 15 is 0 Å². The van der Waals surface area contributed by atoms with Crippen LogP contribution in [0.2, 0.25) is 0 Å². The average Bonchev–Trinajstić information content (AvgIpc) is 2.60. The van der Waals surface area contributed by atoms with E-state index < -0.39 is 12.2 Å². The van der Waals surface area contributed by atoms with Crippen molar-refractivity contribution in [3.63, 3.8) is 0 Å². The van der Waals surface area contributed by atoms with Crippen LogP contribution in [0.4, 0.5) is 0 Å². The van der Waals surface area contributed by atoms with E-state index in [9.17, 15) is 5.11 Å². The molecule has 0 radical (unpaired) electrons. The molecule has 0 amide bonds. The SMILES string of the molecule is COc1ccc([C@@H](O)[C@@H](C)Oc2ccccc2OC)cc1OC. The summed E-state index contributed by atoms with van der Waals surface area (Å²) >= 11 is 0. The molecule has 0 saturated heterocycles. The summed E-state index contributed by atoms with van der Waals surface area (Å²) in [5.74, 6) is 2.39. The molecule has 0 spiro atoms. The zero-order chi connectivity index (χ0) is 16.8. The Morgan fingerprint density at radius 1 is 0.783 bits per heavy atom. The van der Waals surface area contributed by atoms with Gasteiger partial charge in [-0.1, -0.05) is 18.2 Å². The van der Waals surface area contributed by atoms with Crippen molar-refractivity contribution in [1.29, 1.82) is 0 Å². The van der Waals surface area contributed by atoms with E-state index in [0.717, 1.165) is 0 Å². The van der Waals surface area contributed by atoms with Gasteiger partial charge in [0.15, 0.2) is 23.0 Å². The van der Waals surface area contributed by atoms with Crippen molar-refractivity contribution in [3.8, 4) is 23.0 Å². The molecule has 0 aliphatic rings. The second-order valence-electron chi connectivity index (χ2n) is 5.03. The van der Waals surface area contributed by atoms with Gasteiger partial charge in [-0.2, -0.15) is 0 Å². The van der Waals surface area contributed by atoms with Crippen LogP contribution in [0.3, 0.4) is 0 Å². The van der Waals surface area contributed by atoms with Gasteiger partial charge in [-0.3, -0.25) is 0 Å². The molecule has 0 aliphatic heterocycles. The van der Waals surface area contributed by atoms with E-state index in [1.807, 2.05) is 18.2 Å². The van der Waals surface area contributed by atoms with Crippen LogP contribution in [0.15, 0.2) is 42.5 Å². The average molecular weight is 318 g/mol. The van der Waals surface area contributed by atoms with Gasteiger partial charge in [-0.15, -0.1) is 0 Å². The normalized spacial score (nSPS) is 13.1. The third kappa shape index (κ3) is 3.87. The van der Waals surface area contributed by atoms with Crippen LogP contribution in [0.25, 0.3) is 0 Å². The fraction of sp³-hybridized carbons (Fsp3) is 0.333. The molecule has 2 aromatic rings. The summed E-state index contributed by atoms with van der Waals surface area (Å²) < 4.78 is 21.6. The Kier molecular flexibility index (Phi) is 5.71. The van der Waals surface area contributed by atoms with Gasteiger partial charge in [0.05, 0.1) is 21.3 Å². The first kappa shape index (κ1) is 17.0. The molecule has 124 valence electrons. The second-order valence-corrected chi connectivity index (χ2v) is 5.03. The van der Waals surface area contributed by atoms with E-state index in [2.05, 4.69) is 0 Å². The second kappa shape index (κ2) is 7.74. The predicted octanol–water partition coefficient (Wildman–Crippen LogP) is 3.21. The van der Waals surface area contributed by atoms with Crippen LogP contribution >= 0.6 is 0 Å². The highest BCUT2D eigenvalue weighted by atomic mass is 16.5. The maximum atomic E-state index is 10.5. The molecule has 2 atom stereocenters. The Labute approximate surface area is 136 Å². The lowest BCUT2D eigenvalue weighted by Gasteiger charge is -2.22. The minimum Gasteiger partial charge on any atom is -0.493 e.